The van der Waals surface area contributed by atoms with Crippen molar-refractivity contribution in [1.82, 2.24) is 4.31 Å². The van der Waals surface area contributed by atoms with E-state index in [9.17, 15) is 18.0 Å². The van der Waals surface area contributed by atoms with Gasteiger partial charge in [0.25, 0.3) is 5.91 Å². The Hall–Kier alpha value is -2.71. The largest absolute Gasteiger partial charge is 0.455 e. The van der Waals surface area contributed by atoms with E-state index < -0.39 is 35.1 Å². The molecule has 2 rings (SSSR count). The van der Waals surface area contributed by atoms with Crippen molar-refractivity contribution in [1.29, 1.82) is 0 Å². The Labute approximate surface area is 165 Å². The number of anilines is 1. The van der Waals surface area contributed by atoms with Gasteiger partial charge in [-0.1, -0.05) is 29.8 Å². The van der Waals surface area contributed by atoms with Crippen molar-refractivity contribution in [3.8, 4) is 0 Å². The molecule has 1 N–H and O–H groups in total. The van der Waals surface area contributed by atoms with E-state index in [1.807, 2.05) is 32.9 Å². The minimum atomic E-state index is -3.82. The summed E-state index contributed by atoms with van der Waals surface area (Å²) < 4.78 is 30.7. The van der Waals surface area contributed by atoms with Crippen LogP contribution in [0, 0.1) is 20.8 Å². The first kappa shape index (κ1) is 21.6. The van der Waals surface area contributed by atoms with Crippen LogP contribution in [0.5, 0.6) is 0 Å². The molecule has 0 spiro atoms. The molecule has 0 saturated heterocycles. The molecule has 1 amide bonds. The van der Waals surface area contributed by atoms with Crippen LogP contribution in [0.15, 0.2) is 47.4 Å². The maximum Gasteiger partial charge on any atom is 0.321 e. The first-order valence-electron chi connectivity index (χ1n) is 8.66. The number of ether oxygens (including phenoxy) is 1. The predicted octanol–water partition coefficient (Wildman–Crippen LogP) is 2.41. The highest BCUT2D eigenvalue weighted by Crippen LogP contribution is 2.18. The van der Waals surface area contributed by atoms with Crippen LogP contribution in [-0.4, -0.2) is 44.8 Å². The van der Waals surface area contributed by atoms with Crippen LogP contribution in [-0.2, 0) is 24.3 Å². The van der Waals surface area contributed by atoms with E-state index in [0.29, 0.717) is 5.69 Å². The highest BCUT2D eigenvalue weighted by atomic mass is 32.2. The van der Waals surface area contributed by atoms with E-state index in [-0.39, 0.29) is 4.90 Å². The fraction of sp³-hybridized carbons (Fsp3) is 0.300. The third kappa shape index (κ3) is 5.40. The number of benzene rings is 2. The fourth-order valence-electron chi connectivity index (χ4n) is 2.42. The third-order valence-corrected chi connectivity index (χ3v) is 6.14. The molecule has 0 heterocycles. The first-order valence-corrected chi connectivity index (χ1v) is 10.1. The van der Waals surface area contributed by atoms with Gasteiger partial charge in [0.15, 0.2) is 6.61 Å². The number of carbonyl (C=O) groups excluding carboxylic acids is 2. The monoisotopic (exact) mass is 404 g/mol. The van der Waals surface area contributed by atoms with Gasteiger partial charge in [-0.2, -0.15) is 4.31 Å². The molecule has 8 heteroatoms. The zero-order valence-corrected chi connectivity index (χ0v) is 17.2. The van der Waals surface area contributed by atoms with Gasteiger partial charge < -0.3 is 10.1 Å². The Balaban J connectivity index is 1.90. The van der Waals surface area contributed by atoms with Gasteiger partial charge in [0.1, 0.15) is 6.54 Å². The molecule has 150 valence electrons. The molecule has 0 aliphatic carbocycles. The molecular weight excluding hydrogens is 380 g/mol. The molecule has 28 heavy (non-hydrogen) atoms. The van der Waals surface area contributed by atoms with Crippen molar-refractivity contribution in [2.24, 2.45) is 0 Å². The number of hydrogen-bond acceptors (Lipinski definition) is 5. The molecule has 0 aliphatic heterocycles. The van der Waals surface area contributed by atoms with Crippen molar-refractivity contribution in [2.75, 3.05) is 25.5 Å². The van der Waals surface area contributed by atoms with Crippen molar-refractivity contribution >= 4 is 27.6 Å². The highest BCUT2D eigenvalue weighted by Gasteiger charge is 2.23. The minimum Gasteiger partial charge on any atom is -0.455 e. The van der Waals surface area contributed by atoms with Crippen LogP contribution < -0.4 is 5.32 Å². The molecule has 0 saturated carbocycles. The maximum absolute atomic E-state index is 12.5. The number of amides is 1. The topological polar surface area (TPSA) is 92.8 Å². The van der Waals surface area contributed by atoms with Gasteiger partial charge >= 0.3 is 5.97 Å². The molecule has 0 aromatic heterocycles. The number of esters is 1. The average molecular weight is 404 g/mol. The quantitative estimate of drug-likeness (QED) is 0.716. The zero-order valence-electron chi connectivity index (χ0n) is 16.4. The number of nitrogens with zero attached hydrogens (tertiary/aromatic N) is 1. The molecule has 0 radical (unpaired) electrons. The summed E-state index contributed by atoms with van der Waals surface area (Å²) in [7, 11) is -2.53. The van der Waals surface area contributed by atoms with Crippen LogP contribution in [0.25, 0.3) is 0 Å². The van der Waals surface area contributed by atoms with Gasteiger partial charge in [-0.15, -0.1) is 0 Å². The van der Waals surface area contributed by atoms with Crippen molar-refractivity contribution in [3.63, 3.8) is 0 Å². The molecule has 0 unspecified atom stereocenters. The molecular formula is C20H24N2O5S. The van der Waals surface area contributed by atoms with Gasteiger partial charge in [-0.25, -0.2) is 8.42 Å². The highest BCUT2D eigenvalue weighted by molar-refractivity contribution is 7.89. The third-order valence-electron chi connectivity index (χ3n) is 4.32. The second-order valence-electron chi connectivity index (χ2n) is 6.53. The van der Waals surface area contributed by atoms with Gasteiger partial charge in [-0.3, -0.25) is 9.59 Å². The summed E-state index contributed by atoms with van der Waals surface area (Å²) in [5.74, 6) is -1.31. The number of hydrogen-bond donors (Lipinski definition) is 1. The van der Waals surface area contributed by atoms with Gasteiger partial charge in [0.05, 0.1) is 4.90 Å². The number of likely N-dealkylation sites (N-methyl/N-ethyl adjacent to an activating group) is 1. The summed E-state index contributed by atoms with van der Waals surface area (Å²) in [6, 6.07) is 11.8. The Bertz CT molecular complexity index is 969. The molecule has 2 aromatic rings. The van der Waals surface area contributed by atoms with Crippen LogP contribution >= 0.6 is 0 Å². The summed E-state index contributed by atoms with van der Waals surface area (Å²) >= 11 is 0. The predicted molar refractivity (Wildman–Crippen MR) is 106 cm³/mol. The fourth-order valence-corrected chi connectivity index (χ4v) is 3.54. The molecule has 0 fully saturated rings. The summed E-state index contributed by atoms with van der Waals surface area (Å²) in [4.78, 5) is 24.0. The smallest absolute Gasteiger partial charge is 0.321 e. The van der Waals surface area contributed by atoms with E-state index in [1.165, 1.54) is 19.2 Å². The van der Waals surface area contributed by atoms with Crippen LogP contribution in [0.1, 0.15) is 16.7 Å². The Morgan fingerprint density at radius 1 is 1.04 bits per heavy atom. The second kappa shape index (κ2) is 8.99. The molecule has 7 nitrogen and oxygen atoms in total. The zero-order chi connectivity index (χ0) is 20.9. The average Bonchev–Trinajstić information content (AvgIpc) is 2.64. The SMILES string of the molecule is Cc1ccc(S(=O)(=O)N(C)CC(=O)OCC(=O)Nc2cccc(C)c2C)cc1. The van der Waals surface area contributed by atoms with Crippen LogP contribution in [0.4, 0.5) is 5.69 Å². The maximum atomic E-state index is 12.5. The number of sulfonamides is 1. The minimum absolute atomic E-state index is 0.0843. The van der Waals surface area contributed by atoms with E-state index in [1.54, 1.807) is 18.2 Å². The van der Waals surface area contributed by atoms with Gasteiger partial charge in [0.2, 0.25) is 10.0 Å². The molecule has 0 aliphatic rings. The molecule has 0 atom stereocenters. The number of aryl methyl sites for hydroxylation is 2. The normalized spacial score (nSPS) is 11.3. The van der Waals surface area contributed by atoms with Crippen LogP contribution in [0.2, 0.25) is 0 Å². The summed E-state index contributed by atoms with van der Waals surface area (Å²) in [5, 5.41) is 2.67. The molecule has 2 aromatic carbocycles. The first-order chi connectivity index (χ1) is 13.1. The number of rotatable bonds is 7. The van der Waals surface area contributed by atoms with E-state index in [2.05, 4.69) is 5.32 Å². The Morgan fingerprint density at radius 3 is 2.32 bits per heavy atom. The van der Waals surface area contributed by atoms with Gasteiger partial charge in [-0.05, 0) is 50.1 Å². The lowest BCUT2D eigenvalue weighted by Gasteiger charge is -2.16. The summed E-state index contributed by atoms with van der Waals surface area (Å²) in [6.07, 6.45) is 0. The summed E-state index contributed by atoms with van der Waals surface area (Å²) in [6.45, 7) is 4.66. The molecule has 0 bridgehead atoms. The van der Waals surface area contributed by atoms with Crippen molar-refractivity contribution in [2.45, 2.75) is 25.7 Å². The lowest BCUT2D eigenvalue weighted by Crippen LogP contribution is -2.34. The number of carbonyl (C=O) groups is 2. The van der Waals surface area contributed by atoms with E-state index in [0.717, 1.165) is 21.0 Å². The Kier molecular flexibility index (Phi) is 6.93. The second-order valence-corrected chi connectivity index (χ2v) is 8.58. The summed E-state index contributed by atoms with van der Waals surface area (Å²) in [5.41, 5.74) is 3.51. The number of nitrogens with one attached hydrogen (secondary N) is 1. The van der Waals surface area contributed by atoms with Crippen LogP contribution in [0.3, 0.4) is 0 Å². The van der Waals surface area contributed by atoms with Crippen molar-refractivity contribution < 1.29 is 22.7 Å². The van der Waals surface area contributed by atoms with Crippen molar-refractivity contribution in [3.05, 3.63) is 59.2 Å². The standard InChI is InChI=1S/C20H24N2O5S/c1-14-8-10-17(11-9-14)28(25,26)22(4)12-20(24)27-13-19(23)21-18-7-5-6-15(2)16(18)3/h5-11H,12-13H2,1-4H3,(H,21,23). The van der Waals surface area contributed by atoms with E-state index >= 15 is 0 Å². The van der Waals surface area contributed by atoms with E-state index in [4.69, 9.17) is 4.74 Å². The van der Waals surface area contributed by atoms with Gasteiger partial charge in [0, 0.05) is 12.7 Å². The Morgan fingerprint density at radius 2 is 1.68 bits per heavy atom. The lowest BCUT2D eigenvalue weighted by molar-refractivity contribution is -0.147. The lowest BCUT2D eigenvalue weighted by atomic mass is 10.1.